The number of hydrogen-bond donors (Lipinski definition) is 1. The number of rotatable bonds is 3. The van der Waals surface area contributed by atoms with Gasteiger partial charge in [-0.2, -0.15) is 0 Å². The summed E-state index contributed by atoms with van der Waals surface area (Å²) >= 11 is 6.06. The molecule has 0 radical (unpaired) electrons. The van der Waals surface area contributed by atoms with Crippen molar-refractivity contribution in [3.05, 3.63) is 59.1 Å². The van der Waals surface area contributed by atoms with Gasteiger partial charge >= 0.3 is 0 Å². The lowest BCUT2D eigenvalue weighted by Gasteiger charge is -2.31. The van der Waals surface area contributed by atoms with Gasteiger partial charge in [0.2, 0.25) is 5.91 Å². The van der Waals surface area contributed by atoms with Crippen molar-refractivity contribution in [1.82, 2.24) is 24.8 Å². The van der Waals surface area contributed by atoms with Gasteiger partial charge in [0.25, 0.3) is 5.91 Å². The van der Waals surface area contributed by atoms with E-state index in [0.29, 0.717) is 30.1 Å². The Bertz CT molecular complexity index is 1080. The largest absolute Gasteiger partial charge is 0.339 e. The second kappa shape index (κ2) is 7.72. The molecule has 4 heterocycles. The zero-order valence-electron chi connectivity index (χ0n) is 16.4. The standard InChI is InChI=1S/C22H22ClN5O2/c23-15-5-1-4-14(12-15)21(29)28-11-3-7-19(28)22(30)27-10-2-6-18(27)20-25-16-8-9-24-13-17(16)26-20/h1,4-5,8-9,12-13,18-19H,2-3,6-7,10-11H2,(H,25,26). The molecule has 7 nitrogen and oxygen atoms in total. The third-order valence-corrected chi connectivity index (χ3v) is 6.26. The van der Waals surface area contributed by atoms with Crippen LogP contribution < -0.4 is 0 Å². The molecule has 2 saturated heterocycles. The van der Waals surface area contributed by atoms with Gasteiger partial charge in [-0.1, -0.05) is 17.7 Å². The molecule has 2 aliphatic heterocycles. The number of nitrogens with one attached hydrogen (secondary N) is 1. The summed E-state index contributed by atoms with van der Waals surface area (Å²) in [6.45, 7) is 1.26. The zero-order chi connectivity index (χ0) is 20.7. The molecule has 30 heavy (non-hydrogen) atoms. The number of carbonyl (C=O) groups is 2. The summed E-state index contributed by atoms with van der Waals surface area (Å²) in [4.78, 5) is 42.3. The lowest BCUT2D eigenvalue weighted by atomic mass is 10.1. The van der Waals surface area contributed by atoms with Crippen LogP contribution in [0.2, 0.25) is 5.02 Å². The number of H-pyrrole nitrogens is 1. The average Bonchev–Trinajstić information content (AvgIpc) is 3.51. The van der Waals surface area contributed by atoms with E-state index in [9.17, 15) is 9.59 Å². The van der Waals surface area contributed by atoms with Crippen molar-refractivity contribution in [2.45, 2.75) is 37.8 Å². The first-order chi connectivity index (χ1) is 14.6. The second-order valence-electron chi connectivity index (χ2n) is 7.87. The molecule has 1 aromatic carbocycles. The highest BCUT2D eigenvalue weighted by molar-refractivity contribution is 6.31. The first-order valence-corrected chi connectivity index (χ1v) is 10.7. The first-order valence-electron chi connectivity index (χ1n) is 10.3. The molecule has 2 unspecified atom stereocenters. The van der Waals surface area contributed by atoms with Crippen LogP contribution in [0.25, 0.3) is 11.0 Å². The molecule has 0 saturated carbocycles. The van der Waals surface area contributed by atoms with Crippen molar-refractivity contribution in [3.63, 3.8) is 0 Å². The van der Waals surface area contributed by atoms with Crippen molar-refractivity contribution in [3.8, 4) is 0 Å². The minimum absolute atomic E-state index is 0.00367. The Morgan fingerprint density at radius 3 is 2.77 bits per heavy atom. The second-order valence-corrected chi connectivity index (χ2v) is 8.31. The van der Waals surface area contributed by atoms with E-state index in [4.69, 9.17) is 11.6 Å². The Kier molecular flexibility index (Phi) is 4.90. The Labute approximate surface area is 179 Å². The monoisotopic (exact) mass is 423 g/mol. The summed E-state index contributed by atoms with van der Waals surface area (Å²) in [6.07, 6.45) is 6.72. The topological polar surface area (TPSA) is 82.2 Å². The molecule has 2 atom stereocenters. The molecule has 0 bridgehead atoms. The quantitative estimate of drug-likeness (QED) is 0.698. The number of imidazole rings is 1. The number of hydrogen-bond acceptors (Lipinski definition) is 4. The highest BCUT2D eigenvalue weighted by atomic mass is 35.5. The van der Waals surface area contributed by atoms with Gasteiger partial charge in [-0.3, -0.25) is 14.6 Å². The van der Waals surface area contributed by atoms with E-state index in [1.165, 1.54) is 0 Å². The number of carbonyl (C=O) groups excluding carboxylic acids is 2. The van der Waals surface area contributed by atoms with Crippen molar-refractivity contribution in [2.75, 3.05) is 13.1 Å². The van der Waals surface area contributed by atoms with Crippen LogP contribution in [0.5, 0.6) is 0 Å². The van der Waals surface area contributed by atoms with E-state index < -0.39 is 6.04 Å². The lowest BCUT2D eigenvalue weighted by Crippen LogP contribution is -2.47. The molecule has 0 spiro atoms. The molecule has 2 aliphatic rings. The summed E-state index contributed by atoms with van der Waals surface area (Å²) in [5, 5.41) is 0.516. The molecular formula is C22H22ClN5O2. The lowest BCUT2D eigenvalue weighted by molar-refractivity contribution is -0.136. The predicted octanol–water partition coefficient (Wildman–Crippen LogP) is 3.58. The van der Waals surface area contributed by atoms with E-state index in [2.05, 4.69) is 15.0 Å². The highest BCUT2D eigenvalue weighted by Gasteiger charge is 2.41. The Morgan fingerprint density at radius 2 is 1.93 bits per heavy atom. The van der Waals surface area contributed by atoms with Crippen molar-refractivity contribution >= 4 is 34.4 Å². The summed E-state index contributed by atoms with van der Waals surface area (Å²) in [6, 6.07) is 8.22. The maximum atomic E-state index is 13.5. The predicted molar refractivity (Wildman–Crippen MR) is 113 cm³/mol. The summed E-state index contributed by atoms with van der Waals surface area (Å²) in [7, 11) is 0. The van der Waals surface area contributed by atoms with E-state index in [1.807, 2.05) is 11.0 Å². The van der Waals surface area contributed by atoms with Gasteiger partial charge in [-0.15, -0.1) is 0 Å². The molecule has 1 N–H and O–H groups in total. The number of halogens is 1. The van der Waals surface area contributed by atoms with Crippen LogP contribution in [0.3, 0.4) is 0 Å². The third-order valence-electron chi connectivity index (χ3n) is 6.02. The number of amides is 2. The van der Waals surface area contributed by atoms with Gasteiger partial charge in [-0.25, -0.2) is 4.98 Å². The summed E-state index contributed by atoms with van der Waals surface area (Å²) in [5.74, 6) is 0.650. The molecule has 8 heteroatoms. The number of fused-ring (bicyclic) bond motifs is 1. The molecule has 0 aliphatic carbocycles. The maximum absolute atomic E-state index is 13.5. The van der Waals surface area contributed by atoms with Gasteiger partial charge in [0.1, 0.15) is 11.9 Å². The molecule has 2 fully saturated rings. The Balaban J connectivity index is 1.39. The van der Waals surface area contributed by atoms with Crippen molar-refractivity contribution < 1.29 is 9.59 Å². The number of pyridine rings is 1. The van der Waals surface area contributed by atoms with Crippen LogP contribution in [-0.2, 0) is 4.79 Å². The first kappa shape index (κ1) is 19.1. The van der Waals surface area contributed by atoms with Crippen LogP contribution in [0.4, 0.5) is 0 Å². The number of benzene rings is 1. The molecule has 5 rings (SSSR count). The SMILES string of the molecule is O=C(c1cccc(Cl)c1)N1CCCC1C(=O)N1CCCC1c1nc2ccncc2[nH]1. The molecule has 3 aromatic rings. The van der Waals surface area contributed by atoms with Crippen molar-refractivity contribution in [1.29, 1.82) is 0 Å². The molecule has 2 aromatic heterocycles. The average molecular weight is 424 g/mol. The van der Waals surface area contributed by atoms with E-state index in [1.54, 1.807) is 41.6 Å². The fraction of sp³-hybridized carbons (Fsp3) is 0.364. The van der Waals surface area contributed by atoms with Crippen LogP contribution in [-0.4, -0.2) is 55.7 Å². The Hall–Kier alpha value is -2.93. The molecule has 2 amide bonds. The third kappa shape index (κ3) is 3.33. The summed E-state index contributed by atoms with van der Waals surface area (Å²) < 4.78 is 0. The molecular weight excluding hydrogens is 402 g/mol. The van der Waals surface area contributed by atoms with E-state index in [-0.39, 0.29) is 17.9 Å². The van der Waals surface area contributed by atoms with E-state index >= 15 is 0 Å². The molecule has 154 valence electrons. The Morgan fingerprint density at radius 1 is 1.10 bits per heavy atom. The van der Waals surface area contributed by atoms with Crippen LogP contribution >= 0.6 is 11.6 Å². The van der Waals surface area contributed by atoms with E-state index in [0.717, 1.165) is 36.1 Å². The highest BCUT2D eigenvalue weighted by Crippen LogP contribution is 2.34. The van der Waals surface area contributed by atoms with Crippen molar-refractivity contribution in [2.24, 2.45) is 0 Å². The van der Waals surface area contributed by atoms with Gasteiger partial charge in [0.15, 0.2) is 0 Å². The minimum Gasteiger partial charge on any atom is -0.339 e. The van der Waals surface area contributed by atoms with Gasteiger partial charge < -0.3 is 14.8 Å². The normalized spacial score (nSPS) is 21.5. The van der Waals surface area contributed by atoms with Gasteiger partial charge in [0.05, 0.1) is 23.3 Å². The smallest absolute Gasteiger partial charge is 0.254 e. The number of nitrogens with zero attached hydrogens (tertiary/aromatic N) is 4. The van der Waals surface area contributed by atoms with Crippen LogP contribution in [0.1, 0.15) is 47.9 Å². The number of aromatic nitrogens is 3. The van der Waals surface area contributed by atoms with Gasteiger partial charge in [-0.05, 0) is 49.9 Å². The van der Waals surface area contributed by atoms with Crippen LogP contribution in [0.15, 0.2) is 42.7 Å². The zero-order valence-corrected chi connectivity index (χ0v) is 17.2. The maximum Gasteiger partial charge on any atom is 0.254 e. The fourth-order valence-corrected chi connectivity index (χ4v) is 4.78. The summed E-state index contributed by atoms with van der Waals surface area (Å²) in [5.41, 5.74) is 2.23. The minimum atomic E-state index is -0.442. The number of likely N-dealkylation sites (tertiary alicyclic amines) is 2. The van der Waals surface area contributed by atoms with Crippen LogP contribution in [0, 0.1) is 0 Å². The number of aromatic amines is 1. The fourth-order valence-electron chi connectivity index (χ4n) is 4.59. The van der Waals surface area contributed by atoms with Gasteiger partial charge in [0, 0.05) is 29.9 Å².